The summed E-state index contributed by atoms with van der Waals surface area (Å²) in [6.07, 6.45) is 0. The molecule has 0 atom stereocenters. The van der Waals surface area contributed by atoms with Crippen LogP contribution < -0.4 is 4.74 Å². The molecule has 0 saturated carbocycles. The third kappa shape index (κ3) is 4.88. The van der Waals surface area contributed by atoms with Crippen LogP contribution in [-0.4, -0.2) is 17.6 Å². The first-order valence-electron chi connectivity index (χ1n) is 10.5. The number of nitrogens with zero attached hydrogens (tertiary/aromatic N) is 1. The van der Waals surface area contributed by atoms with Crippen LogP contribution in [0.4, 0.5) is 4.39 Å². The van der Waals surface area contributed by atoms with E-state index in [4.69, 9.17) is 21.1 Å². The zero-order chi connectivity index (χ0) is 24.4. The number of halogens is 3. The highest BCUT2D eigenvalue weighted by atomic mass is 79.9. The third-order valence-corrected chi connectivity index (χ3v) is 6.30. The largest absolute Gasteiger partial charge is 0.488 e. The fraction of sp³-hybridized carbons (Fsp3) is 0.148. The summed E-state index contributed by atoms with van der Waals surface area (Å²) >= 11 is 9.62. The van der Waals surface area contributed by atoms with Gasteiger partial charge in [-0.1, -0.05) is 39.7 Å². The standard InChI is InChI=1S/C27H22BrClFNO3/c1-16-4-9-21(14-22(16)27(32)33-3)31-17(2)5-10-25(31)23-13-20(29)8-11-26(23)34-15-18-6-7-19(28)12-24(18)30/h4-14H,15H2,1-3H3. The first-order chi connectivity index (χ1) is 16.3. The summed E-state index contributed by atoms with van der Waals surface area (Å²) in [5.41, 5.74) is 5.09. The average molecular weight is 543 g/mol. The summed E-state index contributed by atoms with van der Waals surface area (Å²) in [6.45, 7) is 3.90. The lowest BCUT2D eigenvalue weighted by atomic mass is 10.1. The van der Waals surface area contributed by atoms with Gasteiger partial charge in [0.25, 0.3) is 0 Å². The Morgan fingerprint density at radius 3 is 2.56 bits per heavy atom. The Morgan fingerprint density at radius 2 is 1.82 bits per heavy atom. The van der Waals surface area contributed by atoms with Gasteiger partial charge in [0.05, 0.1) is 18.4 Å². The Labute approximate surface area is 211 Å². The van der Waals surface area contributed by atoms with Gasteiger partial charge < -0.3 is 14.0 Å². The maximum Gasteiger partial charge on any atom is 0.338 e. The van der Waals surface area contributed by atoms with E-state index in [1.807, 2.05) is 48.7 Å². The number of carbonyl (C=O) groups is 1. The number of esters is 1. The second-order valence-corrected chi connectivity index (χ2v) is 9.20. The van der Waals surface area contributed by atoms with Crippen LogP contribution in [0.1, 0.15) is 27.2 Å². The lowest BCUT2D eigenvalue weighted by molar-refractivity contribution is 0.0600. The Balaban J connectivity index is 1.77. The van der Waals surface area contributed by atoms with E-state index in [1.165, 1.54) is 13.2 Å². The maximum absolute atomic E-state index is 14.3. The van der Waals surface area contributed by atoms with E-state index in [0.29, 0.717) is 26.4 Å². The number of hydrogen-bond donors (Lipinski definition) is 0. The summed E-state index contributed by atoms with van der Waals surface area (Å²) in [5, 5.41) is 0.543. The summed E-state index contributed by atoms with van der Waals surface area (Å²) in [4.78, 5) is 12.3. The lowest BCUT2D eigenvalue weighted by Crippen LogP contribution is -2.07. The quantitative estimate of drug-likeness (QED) is 0.235. The van der Waals surface area contributed by atoms with Gasteiger partial charge >= 0.3 is 5.97 Å². The number of aromatic nitrogens is 1. The predicted molar refractivity (Wildman–Crippen MR) is 135 cm³/mol. The van der Waals surface area contributed by atoms with E-state index in [1.54, 1.807) is 30.3 Å². The smallest absolute Gasteiger partial charge is 0.338 e. The summed E-state index contributed by atoms with van der Waals surface area (Å²) < 4.78 is 28.0. The minimum atomic E-state index is -0.394. The first kappa shape index (κ1) is 24.0. The van der Waals surface area contributed by atoms with E-state index in [0.717, 1.165) is 28.2 Å². The van der Waals surface area contributed by atoms with Crippen molar-refractivity contribution in [1.82, 2.24) is 4.57 Å². The van der Waals surface area contributed by atoms with Crippen LogP contribution in [0.5, 0.6) is 5.75 Å². The number of ether oxygens (including phenoxy) is 2. The molecule has 34 heavy (non-hydrogen) atoms. The van der Waals surface area contributed by atoms with Gasteiger partial charge in [0.2, 0.25) is 0 Å². The molecule has 0 radical (unpaired) electrons. The summed E-state index contributed by atoms with van der Waals surface area (Å²) in [5.74, 6) is -0.181. The molecule has 0 saturated heterocycles. The molecule has 0 aliphatic carbocycles. The van der Waals surface area contributed by atoms with Crippen molar-refractivity contribution in [2.24, 2.45) is 0 Å². The molecule has 0 aliphatic heterocycles. The second kappa shape index (κ2) is 10.0. The van der Waals surface area contributed by atoms with Crippen molar-refractivity contribution in [2.75, 3.05) is 7.11 Å². The predicted octanol–water partition coefficient (Wildman–Crippen LogP) is 7.68. The molecule has 0 bridgehead atoms. The maximum atomic E-state index is 14.3. The molecular weight excluding hydrogens is 521 g/mol. The number of benzene rings is 3. The van der Waals surface area contributed by atoms with Gasteiger partial charge in [-0.15, -0.1) is 0 Å². The first-order valence-corrected chi connectivity index (χ1v) is 11.7. The highest BCUT2D eigenvalue weighted by molar-refractivity contribution is 9.10. The molecule has 0 fully saturated rings. The molecule has 0 aliphatic rings. The molecule has 1 aromatic heterocycles. The zero-order valence-corrected chi connectivity index (χ0v) is 21.2. The third-order valence-electron chi connectivity index (χ3n) is 5.58. The van der Waals surface area contributed by atoms with Crippen molar-refractivity contribution in [2.45, 2.75) is 20.5 Å². The lowest BCUT2D eigenvalue weighted by Gasteiger charge is -2.17. The molecule has 0 amide bonds. The molecular formula is C27H22BrClFNO3. The Kier molecular flexibility index (Phi) is 7.10. The monoisotopic (exact) mass is 541 g/mol. The van der Waals surface area contributed by atoms with Gasteiger partial charge in [0, 0.05) is 32.0 Å². The van der Waals surface area contributed by atoms with E-state index in [2.05, 4.69) is 15.9 Å². The zero-order valence-electron chi connectivity index (χ0n) is 18.9. The van der Waals surface area contributed by atoms with Crippen LogP contribution in [0.25, 0.3) is 16.9 Å². The van der Waals surface area contributed by atoms with E-state index < -0.39 is 5.97 Å². The van der Waals surface area contributed by atoms with Crippen molar-refractivity contribution < 1.29 is 18.7 Å². The van der Waals surface area contributed by atoms with E-state index >= 15 is 0 Å². The minimum absolute atomic E-state index is 0.0600. The fourth-order valence-electron chi connectivity index (χ4n) is 3.79. The van der Waals surface area contributed by atoms with Crippen LogP contribution in [-0.2, 0) is 11.3 Å². The van der Waals surface area contributed by atoms with Gasteiger partial charge in [-0.05, 0) is 74.0 Å². The average Bonchev–Trinajstić information content (AvgIpc) is 3.20. The summed E-state index contributed by atoms with van der Waals surface area (Å²) in [7, 11) is 1.37. The van der Waals surface area contributed by atoms with Crippen LogP contribution >= 0.6 is 27.5 Å². The second-order valence-electron chi connectivity index (χ2n) is 7.85. The molecule has 0 unspecified atom stereocenters. The fourth-order valence-corrected chi connectivity index (χ4v) is 4.30. The van der Waals surface area contributed by atoms with Crippen LogP contribution in [0.3, 0.4) is 0 Å². The van der Waals surface area contributed by atoms with Crippen LogP contribution in [0.15, 0.2) is 71.2 Å². The minimum Gasteiger partial charge on any atom is -0.488 e. The van der Waals surface area contributed by atoms with Gasteiger partial charge in [-0.3, -0.25) is 0 Å². The van der Waals surface area contributed by atoms with Crippen molar-refractivity contribution in [3.63, 3.8) is 0 Å². The number of methoxy groups -OCH3 is 1. The van der Waals surface area contributed by atoms with Crippen molar-refractivity contribution in [3.05, 3.63) is 104 Å². The number of rotatable bonds is 6. The highest BCUT2D eigenvalue weighted by Gasteiger charge is 2.18. The van der Waals surface area contributed by atoms with Crippen molar-refractivity contribution >= 4 is 33.5 Å². The molecule has 4 aromatic rings. The van der Waals surface area contributed by atoms with E-state index in [-0.39, 0.29) is 12.4 Å². The molecule has 1 heterocycles. The normalized spacial score (nSPS) is 10.9. The molecule has 3 aromatic carbocycles. The number of carbonyl (C=O) groups excluding carboxylic acids is 1. The van der Waals surface area contributed by atoms with Crippen molar-refractivity contribution in [3.8, 4) is 22.7 Å². The van der Waals surface area contributed by atoms with Gasteiger partial charge in [0.1, 0.15) is 18.2 Å². The highest BCUT2D eigenvalue weighted by Crippen LogP contribution is 2.36. The molecule has 7 heteroatoms. The molecule has 174 valence electrons. The number of aryl methyl sites for hydroxylation is 2. The number of hydrogen-bond acceptors (Lipinski definition) is 3. The van der Waals surface area contributed by atoms with Crippen molar-refractivity contribution in [1.29, 1.82) is 0 Å². The topological polar surface area (TPSA) is 40.5 Å². The Bertz CT molecular complexity index is 1380. The molecule has 4 nitrogen and oxygen atoms in total. The van der Waals surface area contributed by atoms with Gasteiger partial charge in [-0.2, -0.15) is 0 Å². The summed E-state index contributed by atoms with van der Waals surface area (Å²) in [6, 6.07) is 19.8. The van der Waals surface area contributed by atoms with Gasteiger partial charge in [-0.25, -0.2) is 9.18 Å². The molecule has 4 rings (SSSR count). The molecule has 0 spiro atoms. The van der Waals surface area contributed by atoms with Crippen LogP contribution in [0.2, 0.25) is 5.02 Å². The Hall–Kier alpha value is -3.09. The van der Waals surface area contributed by atoms with Crippen LogP contribution in [0, 0.1) is 19.7 Å². The van der Waals surface area contributed by atoms with Gasteiger partial charge in [0.15, 0.2) is 0 Å². The SMILES string of the molecule is COC(=O)c1cc(-n2c(C)ccc2-c2cc(Cl)ccc2OCc2ccc(Br)cc2F)ccc1C. The van der Waals surface area contributed by atoms with E-state index in [9.17, 15) is 9.18 Å². The molecule has 0 N–H and O–H groups in total. The Morgan fingerprint density at radius 1 is 1.03 bits per heavy atom.